The number of furan rings is 1. The van der Waals surface area contributed by atoms with Crippen LogP contribution in [0.3, 0.4) is 0 Å². The van der Waals surface area contributed by atoms with Gasteiger partial charge in [0.05, 0.1) is 24.6 Å². The number of nitrogens with one attached hydrogen (secondary N) is 2. The van der Waals surface area contributed by atoms with Gasteiger partial charge in [-0.15, -0.1) is 0 Å². The summed E-state index contributed by atoms with van der Waals surface area (Å²) in [5.41, 5.74) is 0.727. The predicted octanol–water partition coefficient (Wildman–Crippen LogP) is 2.06. The zero-order valence-corrected chi connectivity index (χ0v) is 12.1. The van der Waals surface area contributed by atoms with Crippen LogP contribution in [0.4, 0.5) is 13.2 Å². The number of nitrogens with zero attached hydrogens (tertiary/aromatic N) is 1. The standard InChI is InChI=1S/C15H12F3N3O3/c16-15(17,18)12-6-2-1-4-10(12)8-20-21-14(23)13(22)19-9-11-5-3-7-24-11/h1-8H,9H2,(H,19,22)(H,21,23). The van der Waals surface area contributed by atoms with E-state index in [2.05, 4.69) is 10.4 Å². The van der Waals surface area contributed by atoms with E-state index < -0.39 is 23.6 Å². The van der Waals surface area contributed by atoms with Crippen molar-refractivity contribution < 1.29 is 27.2 Å². The summed E-state index contributed by atoms with van der Waals surface area (Å²) in [6.45, 7) is -0.000124. The lowest BCUT2D eigenvalue weighted by Gasteiger charge is -2.09. The monoisotopic (exact) mass is 339 g/mol. The number of amides is 2. The quantitative estimate of drug-likeness (QED) is 0.508. The zero-order valence-electron chi connectivity index (χ0n) is 12.1. The first kappa shape index (κ1) is 17.3. The maximum atomic E-state index is 12.8. The summed E-state index contributed by atoms with van der Waals surface area (Å²) in [7, 11) is 0. The minimum atomic E-state index is -4.55. The first-order valence-corrected chi connectivity index (χ1v) is 6.68. The number of benzene rings is 1. The lowest BCUT2D eigenvalue weighted by molar-refractivity contribution is -0.139. The highest BCUT2D eigenvalue weighted by molar-refractivity contribution is 6.35. The molecule has 0 saturated heterocycles. The summed E-state index contributed by atoms with van der Waals surface area (Å²) in [5, 5.41) is 5.64. The number of carbonyl (C=O) groups is 2. The second kappa shape index (κ2) is 7.44. The van der Waals surface area contributed by atoms with Crippen LogP contribution in [0.25, 0.3) is 0 Å². The van der Waals surface area contributed by atoms with Crippen molar-refractivity contribution in [2.75, 3.05) is 0 Å². The summed E-state index contributed by atoms with van der Waals surface area (Å²) in [5.74, 6) is -1.66. The Bertz CT molecular complexity index is 740. The molecule has 0 spiro atoms. The maximum Gasteiger partial charge on any atom is 0.417 e. The molecule has 6 nitrogen and oxygen atoms in total. The van der Waals surface area contributed by atoms with Gasteiger partial charge in [0.1, 0.15) is 5.76 Å². The Morgan fingerprint density at radius 1 is 1.12 bits per heavy atom. The van der Waals surface area contributed by atoms with Gasteiger partial charge in [-0.05, 0) is 18.2 Å². The predicted molar refractivity (Wildman–Crippen MR) is 77.7 cm³/mol. The van der Waals surface area contributed by atoms with Crippen molar-refractivity contribution in [3.05, 3.63) is 59.5 Å². The van der Waals surface area contributed by atoms with E-state index in [4.69, 9.17) is 4.42 Å². The van der Waals surface area contributed by atoms with Crippen LogP contribution in [-0.2, 0) is 22.3 Å². The molecule has 0 unspecified atom stereocenters. The summed E-state index contributed by atoms with van der Waals surface area (Å²) < 4.78 is 43.3. The van der Waals surface area contributed by atoms with E-state index in [0.717, 1.165) is 12.3 Å². The molecule has 24 heavy (non-hydrogen) atoms. The fraction of sp³-hybridized carbons (Fsp3) is 0.133. The number of hydrogen-bond acceptors (Lipinski definition) is 4. The number of hydrogen-bond donors (Lipinski definition) is 2. The van der Waals surface area contributed by atoms with E-state index in [1.54, 1.807) is 12.1 Å². The Morgan fingerprint density at radius 3 is 2.54 bits per heavy atom. The van der Waals surface area contributed by atoms with E-state index >= 15 is 0 Å². The normalized spacial score (nSPS) is 11.5. The lowest BCUT2D eigenvalue weighted by Crippen LogP contribution is -2.37. The van der Waals surface area contributed by atoms with E-state index in [0.29, 0.717) is 5.76 Å². The highest BCUT2D eigenvalue weighted by Gasteiger charge is 2.32. The van der Waals surface area contributed by atoms with Crippen LogP contribution in [0, 0.1) is 0 Å². The number of rotatable bonds is 4. The summed E-state index contributed by atoms with van der Waals surface area (Å²) in [6, 6.07) is 7.93. The molecule has 2 N–H and O–H groups in total. The molecule has 1 aromatic heterocycles. The smallest absolute Gasteiger partial charge is 0.417 e. The molecular weight excluding hydrogens is 327 g/mol. The van der Waals surface area contributed by atoms with Crippen molar-refractivity contribution in [3.63, 3.8) is 0 Å². The molecule has 0 saturated carbocycles. The largest absolute Gasteiger partial charge is 0.467 e. The first-order chi connectivity index (χ1) is 11.4. The number of hydrazone groups is 1. The van der Waals surface area contributed by atoms with Gasteiger partial charge in [-0.1, -0.05) is 18.2 Å². The third-order valence-electron chi connectivity index (χ3n) is 2.85. The molecule has 0 aliphatic rings. The Labute approximate surface area is 134 Å². The minimum absolute atomic E-state index is 0.000124. The fourth-order valence-electron chi connectivity index (χ4n) is 1.74. The van der Waals surface area contributed by atoms with E-state index in [-0.39, 0.29) is 12.1 Å². The average Bonchev–Trinajstić information content (AvgIpc) is 3.05. The van der Waals surface area contributed by atoms with Crippen molar-refractivity contribution >= 4 is 18.0 Å². The minimum Gasteiger partial charge on any atom is -0.467 e. The molecule has 2 amide bonds. The highest BCUT2D eigenvalue weighted by atomic mass is 19.4. The topological polar surface area (TPSA) is 83.7 Å². The summed E-state index contributed by atoms with van der Waals surface area (Å²) >= 11 is 0. The Hall–Kier alpha value is -3.10. The number of halogens is 3. The maximum absolute atomic E-state index is 12.8. The Kier molecular flexibility index (Phi) is 5.35. The van der Waals surface area contributed by atoms with Gasteiger partial charge >= 0.3 is 18.0 Å². The van der Waals surface area contributed by atoms with Crippen molar-refractivity contribution in [3.8, 4) is 0 Å². The van der Waals surface area contributed by atoms with Crippen LogP contribution in [0.15, 0.2) is 52.2 Å². The van der Waals surface area contributed by atoms with Crippen molar-refractivity contribution in [2.45, 2.75) is 12.7 Å². The van der Waals surface area contributed by atoms with Crippen molar-refractivity contribution in [1.29, 1.82) is 0 Å². The first-order valence-electron chi connectivity index (χ1n) is 6.68. The number of alkyl halides is 3. The molecule has 126 valence electrons. The van der Waals surface area contributed by atoms with Crippen LogP contribution in [0.2, 0.25) is 0 Å². The third kappa shape index (κ3) is 4.70. The van der Waals surface area contributed by atoms with Gasteiger partial charge in [-0.2, -0.15) is 18.3 Å². The van der Waals surface area contributed by atoms with Gasteiger partial charge in [-0.3, -0.25) is 9.59 Å². The molecule has 1 aromatic carbocycles. The average molecular weight is 339 g/mol. The number of carbonyl (C=O) groups excluding carboxylic acids is 2. The van der Waals surface area contributed by atoms with Gasteiger partial charge in [0.2, 0.25) is 0 Å². The second-order valence-electron chi connectivity index (χ2n) is 4.55. The van der Waals surface area contributed by atoms with E-state index in [9.17, 15) is 22.8 Å². The molecule has 0 bridgehead atoms. The lowest BCUT2D eigenvalue weighted by atomic mass is 10.1. The molecule has 0 aliphatic heterocycles. The van der Waals surface area contributed by atoms with E-state index in [1.165, 1.54) is 24.5 Å². The van der Waals surface area contributed by atoms with Gasteiger partial charge in [0, 0.05) is 5.56 Å². The molecule has 0 radical (unpaired) electrons. The molecule has 2 aromatic rings. The fourth-order valence-corrected chi connectivity index (χ4v) is 1.74. The van der Waals surface area contributed by atoms with Crippen LogP contribution in [-0.4, -0.2) is 18.0 Å². The summed E-state index contributed by atoms with van der Waals surface area (Å²) in [4.78, 5) is 23.0. The van der Waals surface area contributed by atoms with Crippen LogP contribution >= 0.6 is 0 Å². The zero-order chi connectivity index (χ0) is 17.6. The van der Waals surface area contributed by atoms with Crippen molar-refractivity contribution in [2.24, 2.45) is 5.10 Å². The molecule has 9 heteroatoms. The van der Waals surface area contributed by atoms with Crippen LogP contribution in [0.5, 0.6) is 0 Å². The van der Waals surface area contributed by atoms with Crippen LogP contribution in [0.1, 0.15) is 16.9 Å². The van der Waals surface area contributed by atoms with Gasteiger partial charge in [0.15, 0.2) is 0 Å². The van der Waals surface area contributed by atoms with Gasteiger partial charge in [-0.25, -0.2) is 5.43 Å². The third-order valence-corrected chi connectivity index (χ3v) is 2.85. The van der Waals surface area contributed by atoms with Crippen molar-refractivity contribution in [1.82, 2.24) is 10.7 Å². The molecule has 0 atom stereocenters. The summed E-state index contributed by atoms with van der Waals surface area (Å²) in [6.07, 6.45) is -2.32. The Morgan fingerprint density at radius 2 is 1.88 bits per heavy atom. The van der Waals surface area contributed by atoms with Crippen LogP contribution < -0.4 is 10.7 Å². The van der Waals surface area contributed by atoms with Gasteiger partial charge in [0.25, 0.3) is 0 Å². The molecule has 2 rings (SSSR count). The molecule has 0 fully saturated rings. The SMILES string of the molecule is O=C(NCc1ccco1)C(=O)NN=Cc1ccccc1C(F)(F)F. The molecular formula is C15H12F3N3O3. The molecule has 1 heterocycles. The van der Waals surface area contributed by atoms with Gasteiger partial charge < -0.3 is 9.73 Å². The van der Waals surface area contributed by atoms with E-state index in [1.807, 2.05) is 5.43 Å². The Balaban J connectivity index is 1.92. The molecule has 0 aliphatic carbocycles. The second-order valence-corrected chi connectivity index (χ2v) is 4.55. The highest BCUT2D eigenvalue weighted by Crippen LogP contribution is 2.30.